The van der Waals surface area contributed by atoms with Crippen molar-refractivity contribution < 1.29 is 19.7 Å². The molecule has 6 nitrogen and oxygen atoms in total. The highest BCUT2D eigenvalue weighted by atomic mass is 16.6. The molecule has 0 radical (unpaired) electrons. The number of hydrogen-bond donors (Lipinski definition) is 3. The van der Waals surface area contributed by atoms with Crippen molar-refractivity contribution in [2.45, 2.75) is 32.7 Å². The summed E-state index contributed by atoms with van der Waals surface area (Å²) in [6.45, 7) is 5.41. The molecule has 0 saturated heterocycles. The maximum Gasteiger partial charge on any atom is 0.412 e. The number of amides is 1. The number of benzene rings is 1. The van der Waals surface area contributed by atoms with E-state index in [0.29, 0.717) is 11.4 Å². The lowest BCUT2D eigenvalue weighted by atomic mass is 10.1. The highest BCUT2D eigenvalue weighted by Gasteiger charge is 2.16. The second-order valence-corrected chi connectivity index (χ2v) is 6.34. The predicted octanol–water partition coefficient (Wildman–Crippen LogP) is 3.02. The first-order valence-electron chi connectivity index (χ1n) is 7.28. The van der Waals surface area contributed by atoms with Crippen molar-refractivity contribution in [3.8, 4) is 11.1 Å². The number of aryl methyl sites for hydroxylation is 1. The molecule has 124 valence electrons. The number of ether oxygens (including phenoxy) is 1. The van der Waals surface area contributed by atoms with Crippen LogP contribution in [0.2, 0.25) is 0 Å². The second kappa shape index (κ2) is 6.44. The van der Waals surface area contributed by atoms with Gasteiger partial charge in [0.15, 0.2) is 6.29 Å². The van der Waals surface area contributed by atoms with Crippen LogP contribution in [0.4, 0.5) is 10.5 Å². The van der Waals surface area contributed by atoms with E-state index >= 15 is 0 Å². The molecule has 1 heterocycles. The largest absolute Gasteiger partial charge is 0.444 e. The molecule has 3 N–H and O–H groups in total. The molecule has 1 amide bonds. The third kappa shape index (κ3) is 4.58. The first kappa shape index (κ1) is 17.1. The van der Waals surface area contributed by atoms with Crippen LogP contribution in [0.3, 0.4) is 0 Å². The maximum atomic E-state index is 11.7. The third-order valence-electron chi connectivity index (χ3n) is 3.17. The Morgan fingerprint density at radius 2 is 1.78 bits per heavy atom. The van der Waals surface area contributed by atoms with Crippen LogP contribution in [-0.2, 0) is 11.8 Å². The Labute approximate surface area is 135 Å². The molecular formula is C17H22N2O4. The Hall–Kier alpha value is -2.31. The van der Waals surface area contributed by atoms with Gasteiger partial charge in [-0.25, -0.2) is 4.79 Å². The van der Waals surface area contributed by atoms with Crippen molar-refractivity contribution in [3.63, 3.8) is 0 Å². The fourth-order valence-electron chi connectivity index (χ4n) is 2.16. The van der Waals surface area contributed by atoms with Gasteiger partial charge >= 0.3 is 6.09 Å². The van der Waals surface area contributed by atoms with Gasteiger partial charge in [0, 0.05) is 18.9 Å². The lowest BCUT2D eigenvalue weighted by Crippen LogP contribution is -2.27. The molecule has 0 aliphatic carbocycles. The van der Waals surface area contributed by atoms with E-state index in [4.69, 9.17) is 4.74 Å². The summed E-state index contributed by atoms with van der Waals surface area (Å²) in [6.07, 6.45) is -0.206. The molecule has 2 aromatic rings. The van der Waals surface area contributed by atoms with Crippen LogP contribution in [-0.4, -0.2) is 26.5 Å². The van der Waals surface area contributed by atoms with E-state index in [1.165, 1.54) is 0 Å². The molecule has 0 bridgehead atoms. The smallest absolute Gasteiger partial charge is 0.412 e. The van der Waals surface area contributed by atoms with Crippen LogP contribution in [0.1, 0.15) is 32.8 Å². The molecule has 0 fully saturated rings. The van der Waals surface area contributed by atoms with Crippen molar-refractivity contribution >= 4 is 11.8 Å². The van der Waals surface area contributed by atoms with Crippen molar-refractivity contribution in [1.82, 2.24) is 4.57 Å². The second-order valence-electron chi connectivity index (χ2n) is 6.34. The van der Waals surface area contributed by atoms with E-state index in [-0.39, 0.29) is 0 Å². The lowest BCUT2D eigenvalue weighted by molar-refractivity contribution is -0.0477. The number of aromatic nitrogens is 1. The molecule has 0 aliphatic heterocycles. The number of hydrogen-bond acceptors (Lipinski definition) is 4. The van der Waals surface area contributed by atoms with Gasteiger partial charge in [0.05, 0.1) is 5.69 Å². The van der Waals surface area contributed by atoms with E-state index in [9.17, 15) is 15.0 Å². The van der Waals surface area contributed by atoms with Gasteiger partial charge in [-0.15, -0.1) is 0 Å². The Kier molecular flexibility index (Phi) is 4.77. The fourth-order valence-corrected chi connectivity index (χ4v) is 2.16. The molecule has 1 aromatic carbocycles. The van der Waals surface area contributed by atoms with Gasteiger partial charge < -0.3 is 19.5 Å². The van der Waals surface area contributed by atoms with Gasteiger partial charge in [0.1, 0.15) is 5.60 Å². The molecule has 0 saturated carbocycles. The fraction of sp³-hybridized carbons (Fsp3) is 0.353. The lowest BCUT2D eigenvalue weighted by Gasteiger charge is -2.19. The highest BCUT2D eigenvalue weighted by Crippen LogP contribution is 2.25. The van der Waals surface area contributed by atoms with E-state index in [0.717, 1.165) is 11.1 Å². The summed E-state index contributed by atoms with van der Waals surface area (Å²) >= 11 is 0. The molecule has 0 spiro atoms. The summed E-state index contributed by atoms with van der Waals surface area (Å²) in [5.74, 6) is 0. The third-order valence-corrected chi connectivity index (χ3v) is 3.17. The summed E-state index contributed by atoms with van der Waals surface area (Å²) in [5.41, 5.74) is 2.26. The number of nitrogens with zero attached hydrogens (tertiary/aromatic N) is 1. The topological polar surface area (TPSA) is 83.7 Å². The zero-order valence-corrected chi connectivity index (χ0v) is 13.7. The molecule has 23 heavy (non-hydrogen) atoms. The molecule has 0 unspecified atom stereocenters. The average Bonchev–Trinajstić information content (AvgIpc) is 2.79. The van der Waals surface area contributed by atoms with Crippen molar-refractivity contribution in [2.75, 3.05) is 5.32 Å². The number of nitrogens with one attached hydrogen (secondary N) is 1. The molecule has 2 rings (SSSR count). The van der Waals surface area contributed by atoms with E-state index in [1.54, 1.807) is 50.6 Å². The Balaban J connectivity index is 2.11. The highest BCUT2D eigenvalue weighted by molar-refractivity contribution is 5.85. The Morgan fingerprint density at radius 1 is 1.17 bits per heavy atom. The maximum absolute atomic E-state index is 11.7. The Bertz CT molecular complexity index is 682. The van der Waals surface area contributed by atoms with Gasteiger partial charge in [0.2, 0.25) is 0 Å². The van der Waals surface area contributed by atoms with Crippen molar-refractivity contribution in [3.05, 3.63) is 42.2 Å². The SMILES string of the molecule is Cn1cc(-c2ccc(NC(=O)OC(C)(C)C)cc2)cc1C(O)O. The molecule has 0 atom stereocenters. The average molecular weight is 318 g/mol. The first-order valence-corrected chi connectivity index (χ1v) is 7.28. The van der Waals surface area contributed by atoms with Gasteiger partial charge in [0.25, 0.3) is 0 Å². The van der Waals surface area contributed by atoms with Gasteiger partial charge in [-0.2, -0.15) is 0 Å². The van der Waals surface area contributed by atoms with E-state index in [1.807, 2.05) is 18.3 Å². The summed E-state index contributed by atoms with van der Waals surface area (Å²) in [4.78, 5) is 11.7. The number of carbonyl (C=O) groups excluding carboxylic acids is 1. The number of rotatable bonds is 3. The summed E-state index contributed by atoms with van der Waals surface area (Å²) in [5, 5.41) is 21.2. The quantitative estimate of drug-likeness (QED) is 0.760. The van der Waals surface area contributed by atoms with Crippen LogP contribution in [0.25, 0.3) is 11.1 Å². The van der Waals surface area contributed by atoms with E-state index in [2.05, 4.69) is 5.32 Å². The van der Waals surface area contributed by atoms with Gasteiger partial charge in [-0.1, -0.05) is 12.1 Å². The number of carbonyl (C=O) groups is 1. The van der Waals surface area contributed by atoms with Crippen LogP contribution >= 0.6 is 0 Å². The zero-order valence-electron chi connectivity index (χ0n) is 13.7. The van der Waals surface area contributed by atoms with E-state index < -0.39 is 18.0 Å². The summed E-state index contributed by atoms with van der Waals surface area (Å²) in [7, 11) is 1.75. The minimum Gasteiger partial charge on any atom is -0.444 e. The van der Waals surface area contributed by atoms with Crippen LogP contribution in [0.5, 0.6) is 0 Å². The monoisotopic (exact) mass is 318 g/mol. The normalized spacial score (nSPS) is 11.6. The molecule has 6 heteroatoms. The van der Waals surface area contributed by atoms with Crippen molar-refractivity contribution in [1.29, 1.82) is 0 Å². The van der Waals surface area contributed by atoms with Crippen molar-refractivity contribution in [2.24, 2.45) is 7.05 Å². The molecule has 0 aliphatic rings. The molecule has 1 aromatic heterocycles. The summed E-state index contributed by atoms with van der Waals surface area (Å²) in [6, 6.07) is 8.93. The van der Waals surface area contributed by atoms with Crippen LogP contribution in [0, 0.1) is 0 Å². The number of anilines is 1. The number of aliphatic hydroxyl groups excluding tert-OH is 1. The predicted molar refractivity (Wildman–Crippen MR) is 87.9 cm³/mol. The molecular weight excluding hydrogens is 296 g/mol. The number of aliphatic hydroxyl groups is 2. The summed E-state index contributed by atoms with van der Waals surface area (Å²) < 4.78 is 6.85. The first-order chi connectivity index (χ1) is 10.7. The minimum atomic E-state index is -1.51. The van der Waals surface area contributed by atoms with Crippen LogP contribution in [0.15, 0.2) is 36.5 Å². The van der Waals surface area contributed by atoms with Crippen LogP contribution < -0.4 is 5.32 Å². The van der Waals surface area contributed by atoms with Gasteiger partial charge in [-0.3, -0.25) is 5.32 Å². The Morgan fingerprint density at radius 3 is 2.26 bits per heavy atom. The zero-order chi connectivity index (χ0) is 17.2. The standard InChI is InChI=1S/C17H22N2O4/c1-17(2,3)23-16(22)18-13-7-5-11(6-8-13)12-9-14(15(20)21)19(4)10-12/h5-10,15,20-21H,1-4H3,(H,18,22). The van der Waals surface area contributed by atoms with Gasteiger partial charge in [-0.05, 0) is 50.1 Å². The minimum absolute atomic E-state index is 0.413.